The van der Waals surface area contributed by atoms with Crippen molar-refractivity contribution in [2.75, 3.05) is 32.7 Å². The lowest BCUT2D eigenvalue weighted by atomic mass is 9.85. The maximum atomic E-state index is 3.63. The molecule has 2 atom stereocenters. The Morgan fingerprint density at radius 2 is 1.64 bits per heavy atom. The lowest BCUT2D eigenvalue weighted by molar-refractivity contribution is 0.182. The molecule has 2 nitrogen and oxygen atoms in total. The fourth-order valence-electron chi connectivity index (χ4n) is 4.82. The SMILES string of the molecule is Cc1ccccc1C1CCN(CC2CNCC2c2ccccc2)CC1. The van der Waals surface area contributed by atoms with E-state index in [9.17, 15) is 0 Å². The Bertz CT molecular complexity index is 674. The number of aryl methyl sites for hydroxylation is 1. The van der Waals surface area contributed by atoms with Crippen LogP contribution in [0.25, 0.3) is 0 Å². The molecule has 2 heteroatoms. The number of hydrogen-bond donors (Lipinski definition) is 1. The Kier molecular flexibility index (Phi) is 5.19. The van der Waals surface area contributed by atoms with Crippen molar-refractivity contribution < 1.29 is 0 Å². The Hall–Kier alpha value is -1.64. The van der Waals surface area contributed by atoms with Gasteiger partial charge in [-0.05, 0) is 67.9 Å². The van der Waals surface area contributed by atoms with Gasteiger partial charge in [0.15, 0.2) is 0 Å². The third-order valence-corrected chi connectivity index (χ3v) is 6.28. The maximum Gasteiger partial charge on any atom is 0.00282 e. The fourth-order valence-corrected chi connectivity index (χ4v) is 4.82. The second-order valence-corrected chi connectivity index (χ2v) is 7.87. The van der Waals surface area contributed by atoms with Gasteiger partial charge in [-0.25, -0.2) is 0 Å². The van der Waals surface area contributed by atoms with E-state index in [0.29, 0.717) is 5.92 Å². The topological polar surface area (TPSA) is 15.3 Å². The van der Waals surface area contributed by atoms with Crippen molar-refractivity contribution >= 4 is 0 Å². The number of rotatable bonds is 4. The highest BCUT2D eigenvalue weighted by atomic mass is 15.1. The van der Waals surface area contributed by atoms with E-state index in [2.05, 4.69) is 71.7 Å². The molecule has 132 valence electrons. The van der Waals surface area contributed by atoms with Gasteiger partial charge in [-0.1, -0.05) is 54.6 Å². The molecule has 0 radical (unpaired) electrons. The van der Waals surface area contributed by atoms with E-state index >= 15 is 0 Å². The molecular formula is C23H30N2. The van der Waals surface area contributed by atoms with Gasteiger partial charge in [0.1, 0.15) is 0 Å². The maximum absolute atomic E-state index is 3.63. The summed E-state index contributed by atoms with van der Waals surface area (Å²) in [4.78, 5) is 2.71. The van der Waals surface area contributed by atoms with Gasteiger partial charge in [0.25, 0.3) is 0 Å². The molecule has 2 heterocycles. The highest BCUT2D eigenvalue weighted by molar-refractivity contribution is 5.29. The minimum Gasteiger partial charge on any atom is -0.316 e. The predicted molar refractivity (Wildman–Crippen MR) is 105 cm³/mol. The minimum atomic E-state index is 0.676. The van der Waals surface area contributed by atoms with Gasteiger partial charge >= 0.3 is 0 Å². The summed E-state index contributed by atoms with van der Waals surface area (Å²) in [7, 11) is 0. The fraction of sp³-hybridized carbons (Fsp3) is 0.478. The largest absolute Gasteiger partial charge is 0.316 e. The van der Waals surface area contributed by atoms with Gasteiger partial charge < -0.3 is 10.2 Å². The van der Waals surface area contributed by atoms with Crippen LogP contribution in [-0.2, 0) is 0 Å². The van der Waals surface area contributed by atoms with Crippen molar-refractivity contribution in [1.82, 2.24) is 10.2 Å². The van der Waals surface area contributed by atoms with Crippen LogP contribution in [0.4, 0.5) is 0 Å². The molecule has 2 unspecified atom stereocenters. The second-order valence-electron chi connectivity index (χ2n) is 7.87. The molecule has 2 aromatic rings. The van der Waals surface area contributed by atoms with E-state index < -0.39 is 0 Å². The lowest BCUT2D eigenvalue weighted by Gasteiger charge is -2.35. The average molecular weight is 335 g/mol. The molecule has 0 amide bonds. The Morgan fingerprint density at radius 3 is 2.40 bits per heavy atom. The van der Waals surface area contributed by atoms with Gasteiger partial charge in [-0.3, -0.25) is 0 Å². The van der Waals surface area contributed by atoms with Crippen molar-refractivity contribution in [2.24, 2.45) is 5.92 Å². The summed E-state index contributed by atoms with van der Waals surface area (Å²) in [6.45, 7) is 8.29. The summed E-state index contributed by atoms with van der Waals surface area (Å²) in [6.07, 6.45) is 2.61. The number of piperidine rings is 1. The van der Waals surface area contributed by atoms with Crippen LogP contribution >= 0.6 is 0 Å². The lowest BCUT2D eigenvalue weighted by Crippen LogP contribution is -2.38. The zero-order chi connectivity index (χ0) is 17.1. The quantitative estimate of drug-likeness (QED) is 0.902. The van der Waals surface area contributed by atoms with Gasteiger partial charge in [-0.15, -0.1) is 0 Å². The Labute approximate surface area is 152 Å². The van der Waals surface area contributed by atoms with Crippen molar-refractivity contribution in [3.05, 3.63) is 71.3 Å². The molecule has 25 heavy (non-hydrogen) atoms. The van der Waals surface area contributed by atoms with Crippen LogP contribution in [0.2, 0.25) is 0 Å². The summed E-state index contributed by atoms with van der Waals surface area (Å²) in [5.74, 6) is 2.18. The molecule has 2 aliphatic rings. The molecule has 4 rings (SSSR count). The van der Waals surface area contributed by atoms with E-state index in [0.717, 1.165) is 24.9 Å². The third-order valence-electron chi connectivity index (χ3n) is 6.28. The molecular weight excluding hydrogens is 304 g/mol. The van der Waals surface area contributed by atoms with Gasteiger partial charge in [0.2, 0.25) is 0 Å². The van der Waals surface area contributed by atoms with Crippen molar-refractivity contribution in [3.63, 3.8) is 0 Å². The molecule has 1 N–H and O–H groups in total. The molecule has 0 saturated carbocycles. The van der Waals surface area contributed by atoms with Gasteiger partial charge in [-0.2, -0.15) is 0 Å². The molecule has 2 aliphatic heterocycles. The zero-order valence-electron chi connectivity index (χ0n) is 15.3. The molecule has 0 bridgehead atoms. The second kappa shape index (κ2) is 7.72. The van der Waals surface area contributed by atoms with Crippen LogP contribution in [0.3, 0.4) is 0 Å². The van der Waals surface area contributed by atoms with Crippen LogP contribution in [-0.4, -0.2) is 37.6 Å². The molecule has 2 saturated heterocycles. The van der Waals surface area contributed by atoms with E-state index in [4.69, 9.17) is 0 Å². The molecule has 0 aromatic heterocycles. The summed E-state index contributed by atoms with van der Waals surface area (Å²) in [5, 5.41) is 3.63. The molecule has 2 fully saturated rings. The molecule has 0 aliphatic carbocycles. The minimum absolute atomic E-state index is 0.676. The first kappa shape index (κ1) is 16.8. The summed E-state index contributed by atoms with van der Waals surface area (Å²) in [6, 6.07) is 20.0. The summed E-state index contributed by atoms with van der Waals surface area (Å²) >= 11 is 0. The van der Waals surface area contributed by atoms with Gasteiger partial charge in [0, 0.05) is 19.0 Å². The number of benzene rings is 2. The Balaban J connectivity index is 1.35. The summed E-state index contributed by atoms with van der Waals surface area (Å²) < 4.78 is 0. The highest BCUT2D eigenvalue weighted by Crippen LogP contribution is 2.33. The molecule has 2 aromatic carbocycles. The van der Waals surface area contributed by atoms with E-state index in [1.807, 2.05) is 0 Å². The third kappa shape index (κ3) is 3.80. The average Bonchev–Trinajstić information content (AvgIpc) is 3.12. The number of nitrogens with zero attached hydrogens (tertiary/aromatic N) is 1. The monoisotopic (exact) mass is 334 g/mol. The van der Waals surface area contributed by atoms with Crippen LogP contribution < -0.4 is 5.32 Å². The van der Waals surface area contributed by atoms with Crippen molar-refractivity contribution in [2.45, 2.75) is 31.6 Å². The van der Waals surface area contributed by atoms with Crippen molar-refractivity contribution in [3.8, 4) is 0 Å². The number of nitrogens with one attached hydrogen (secondary N) is 1. The number of hydrogen-bond acceptors (Lipinski definition) is 2. The first-order chi connectivity index (χ1) is 12.3. The Morgan fingerprint density at radius 1 is 0.920 bits per heavy atom. The first-order valence-electron chi connectivity index (χ1n) is 9.85. The van der Waals surface area contributed by atoms with E-state index in [-0.39, 0.29) is 0 Å². The summed E-state index contributed by atoms with van der Waals surface area (Å²) in [5.41, 5.74) is 4.55. The van der Waals surface area contributed by atoms with Crippen LogP contribution in [0.1, 0.15) is 41.4 Å². The normalized spacial score (nSPS) is 25.3. The zero-order valence-corrected chi connectivity index (χ0v) is 15.3. The smallest absolute Gasteiger partial charge is 0.00282 e. The predicted octanol–water partition coefficient (Wildman–Crippen LogP) is 4.18. The van der Waals surface area contributed by atoms with Crippen LogP contribution in [0, 0.1) is 12.8 Å². The standard InChI is InChI=1S/C23H30N2/c1-18-7-5-6-10-22(18)20-11-13-25(14-12-20)17-21-15-24-16-23(21)19-8-3-2-4-9-19/h2-10,20-21,23-24H,11-17H2,1H3. The first-order valence-corrected chi connectivity index (χ1v) is 9.85. The van der Waals surface area contributed by atoms with E-state index in [1.54, 1.807) is 5.56 Å². The van der Waals surface area contributed by atoms with Gasteiger partial charge in [0.05, 0.1) is 0 Å². The van der Waals surface area contributed by atoms with Crippen LogP contribution in [0.5, 0.6) is 0 Å². The molecule has 0 spiro atoms. The van der Waals surface area contributed by atoms with Crippen LogP contribution in [0.15, 0.2) is 54.6 Å². The number of likely N-dealkylation sites (tertiary alicyclic amines) is 1. The van der Waals surface area contributed by atoms with Crippen molar-refractivity contribution in [1.29, 1.82) is 0 Å². The van der Waals surface area contributed by atoms with E-state index in [1.165, 1.54) is 43.6 Å². The highest BCUT2D eigenvalue weighted by Gasteiger charge is 2.31.